The lowest BCUT2D eigenvalue weighted by atomic mass is 10.2. The summed E-state index contributed by atoms with van der Waals surface area (Å²) in [5.74, 6) is 0.467. The van der Waals surface area contributed by atoms with Crippen molar-refractivity contribution in [2.24, 2.45) is 0 Å². The molecule has 0 aliphatic heterocycles. The molecule has 0 saturated carbocycles. The van der Waals surface area contributed by atoms with Gasteiger partial charge in [0.1, 0.15) is 5.75 Å². The van der Waals surface area contributed by atoms with Gasteiger partial charge in [-0.1, -0.05) is 31.9 Å². The fraction of sp³-hybridized carbons (Fsp3) is 0.400. The number of hydrogen-bond acceptors (Lipinski definition) is 2. The molecule has 0 radical (unpaired) electrons. The van der Waals surface area contributed by atoms with Crippen LogP contribution in [0, 0.1) is 0 Å². The minimum absolute atomic E-state index is 0.0353. The standard InChI is InChI=1S/C10H9Br2F3OS/c11-6-7-5-8(1-2-9(7)12)16-3-4-17-10(13,14)15/h1-2,5H,3-4,6H2. The van der Waals surface area contributed by atoms with Gasteiger partial charge in [0, 0.05) is 15.6 Å². The van der Waals surface area contributed by atoms with E-state index in [9.17, 15) is 13.2 Å². The molecule has 1 nitrogen and oxygen atoms in total. The fourth-order valence-corrected chi connectivity index (χ4v) is 2.69. The molecule has 0 aliphatic carbocycles. The van der Waals surface area contributed by atoms with Gasteiger partial charge in [-0.2, -0.15) is 13.2 Å². The van der Waals surface area contributed by atoms with Crippen molar-refractivity contribution in [3.05, 3.63) is 28.2 Å². The van der Waals surface area contributed by atoms with Gasteiger partial charge in [-0.25, -0.2) is 0 Å². The Morgan fingerprint density at radius 3 is 2.59 bits per heavy atom. The van der Waals surface area contributed by atoms with E-state index in [1.54, 1.807) is 12.1 Å². The molecule has 1 aromatic rings. The molecule has 17 heavy (non-hydrogen) atoms. The number of benzene rings is 1. The maximum atomic E-state index is 11.8. The molecule has 0 spiro atoms. The minimum Gasteiger partial charge on any atom is -0.493 e. The van der Waals surface area contributed by atoms with Crippen molar-refractivity contribution in [2.75, 3.05) is 12.4 Å². The molecule has 0 unspecified atom stereocenters. The molecule has 0 aliphatic rings. The Kier molecular flexibility index (Phi) is 6.16. The molecule has 1 aromatic carbocycles. The van der Waals surface area contributed by atoms with Crippen LogP contribution in [0.25, 0.3) is 0 Å². The van der Waals surface area contributed by atoms with E-state index in [0.717, 1.165) is 10.0 Å². The molecular weight excluding hydrogens is 385 g/mol. The molecule has 0 aromatic heterocycles. The highest BCUT2D eigenvalue weighted by Gasteiger charge is 2.27. The highest BCUT2D eigenvalue weighted by atomic mass is 79.9. The van der Waals surface area contributed by atoms with Gasteiger partial charge < -0.3 is 4.74 Å². The number of hydrogen-bond donors (Lipinski definition) is 0. The monoisotopic (exact) mass is 392 g/mol. The maximum absolute atomic E-state index is 11.8. The summed E-state index contributed by atoms with van der Waals surface area (Å²) >= 11 is 6.59. The van der Waals surface area contributed by atoms with Crippen LogP contribution in [0.2, 0.25) is 0 Å². The van der Waals surface area contributed by atoms with Crippen LogP contribution in [-0.2, 0) is 5.33 Å². The average Bonchev–Trinajstić information content (AvgIpc) is 2.25. The predicted molar refractivity (Wildman–Crippen MR) is 70.8 cm³/mol. The quantitative estimate of drug-likeness (QED) is 0.515. The minimum atomic E-state index is -4.19. The van der Waals surface area contributed by atoms with E-state index in [4.69, 9.17) is 4.74 Å². The summed E-state index contributed by atoms with van der Waals surface area (Å²) in [7, 11) is 0. The number of ether oxygens (including phenoxy) is 1. The molecule has 96 valence electrons. The second-order valence-electron chi connectivity index (χ2n) is 3.03. The zero-order valence-corrected chi connectivity index (χ0v) is 12.5. The van der Waals surface area contributed by atoms with Crippen molar-refractivity contribution < 1.29 is 17.9 Å². The smallest absolute Gasteiger partial charge is 0.441 e. The van der Waals surface area contributed by atoms with Crippen LogP contribution in [-0.4, -0.2) is 17.9 Å². The number of alkyl halides is 4. The Bertz CT molecular complexity index is 371. The van der Waals surface area contributed by atoms with Crippen molar-refractivity contribution in [2.45, 2.75) is 10.8 Å². The van der Waals surface area contributed by atoms with E-state index >= 15 is 0 Å². The number of halogens is 5. The maximum Gasteiger partial charge on any atom is 0.441 e. The van der Waals surface area contributed by atoms with E-state index in [0.29, 0.717) is 11.1 Å². The molecule has 0 fully saturated rings. The Morgan fingerprint density at radius 2 is 2.00 bits per heavy atom. The molecule has 1 rings (SSSR count). The van der Waals surface area contributed by atoms with Gasteiger partial charge in [0.15, 0.2) is 0 Å². The van der Waals surface area contributed by atoms with Gasteiger partial charge in [0.2, 0.25) is 0 Å². The van der Waals surface area contributed by atoms with Crippen molar-refractivity contribution >= 4 is 43.6 Å². The van der Waals surface area contributed by atoms with Gasteiger partial charge in [0.25, 0.3) is 0 Å². The molecule has 0 N–H and O–H groups in total. The van der Waals surface area contributed by atoms with Crippen molar-refractivity contribution in [3.8, 4) is 5.75 Å². The van der Waals surface area contributed by atoms with Gasteiger partial charge in [-0.15, -0.1) is 0 Å². The van der Waals surface area contributed by atoms with Crippen LogP contribution >= 0.6 is 43.6 Å². The van der Waals surface area contributed by atoms with Crippen LogP contribution in [0.5, 0.6) is 5.75 Å². The number of rotatable bonds is 5. The lowest BCUT2D eigenvalue weighted by molar-refractivity contribution is -0.0329. The Labute approximate surface area is 118 Å². The highest BCUT2D eigenvalue weighted by Crippen LogP contribution is 2.30. The van der Waals surface area contributed by atoms with Crippen LogP contribution in [0.1, 0.15) is 5.56 Å². The van der Waals surface area contributed by atoms with Gasteiger partial charge >= 0.3 is 5.51 Å². The van der Waals surface area contributed by atoms with Crippen LogP contribution in [0.15, 0.2) is 22.7 Å². The molecule has 0 atom stereocenters. The Balaban J connectivity index is 2.42. The molecule has 0 bridgehead atoms. The summed E-state index contributed by atoms with van der Waals surface area (Å²) < 4.78 is 41.7. The lowest BCUT2D eigenvalue weighted by Crippen LogP contribution is -2.07. The topological polar surface area (TPSA) is 9.23 Å². The molecule has 0 saturated heterocycles. The zero-order valence-electron chi connectivity index (χ0n) is 8.56. The largest absolute Gasteiger partial charge is 0.493 e. The second-order valence-corrected chi connectivity index (χ2v) is 5.60. The third-order valence-electron chi connectivity index (χ3n) is 1.78. The summed E-state index contributed by atoms with van der Waals surface area (Å²) in [6.45, 7) is 0.0353. The predicted octanol–water partition coefficient (Wildman–Crippen LogP) is 4.98. The van der Waals surface area contributed by atoms with E-state index in [-0.39, 0.29) is 24.1 Å². The van der Waals surface area contributed by atoms with E-state index in [1.165, 1.54) is 0 Å². The van der Waals surface area contributed by atoms with Crippen LogP contribution in [0.4, 0.5) is 13.2 Å². The van der Waals surface area contributed by atoms with Crippen molar-refractivity contribution in [3.63, 3.8) is 0 Å². The third kappa shape index (κ3) is 6.01. The summed E-state index contributed by atoms with van der Waals surface area (Å²) in [6.07, 6.45) is 0. The molecule has 7 heteroatoms. The Hall–Kier alpha value is 0.120. The van der Waals surface area contributed by atoms with E-state index in [2.05, 4.69) is 31.9 Å². The summed E-state index contributed by atoms with van der Waals surface area (Å²) in [5, 5.41) is 0.655. The van der Waals surface area contributed by atoms with Gasteiger partial charge in [-0.3, -0.25) is 0 Å². The molecule has 0 amide bonds. The highest BCUT2D eigenvalue weighted by molar-refractivity contribution is 9.10. The van der Waals surface area contributed by atoms with E-state index in [1.807, 2.05) is 6.07 Å². The third-order valence-corrected chi connectivity index (χ3v) is 3.85. The first-order valence-electron chi connectivity index (χ1n) is 4.60. The number of thioether (sulfide) groups is 1. The normalized spacial score (nSPS) is 11.6. The summed E-state index contributed by atoms with van der Waals surface area (Å²) in [4.78, 5) is 0. The first kappa shape index (κ1) is 15.2. The summed E-state index contributed by atoms with van der Waals surface area (Å²) in [5.41, 5.74) is -3.20. The van der Waals surface area contributed by atoms with Gasteiger partial charge in [0.05, 0.1) is 6.61 Å². The fourth-order valence-electron chi connectivity index (χ4n) is 1.06. The average molecular weight is 394 g/mol. The van der Waals surface area contributed by atoms with E-state index < -0.39 is 5.51 Å². The Morgan fingerprint density at radius 1 is 1.29 bits per heavy atom. The second kappa shape index (κ2) is 6.89. The summed E-state index contributed by atoms with van der Waals surface area (Å²) in [6, 6.07) is 5.31. The van der Waals surface area contributed by atoms with Crippen LogP contribution < -0.4 is 4.74 Å². The molecule has 0 heterocycles. The SMILES string of the molecule is FC(F)(F)SCCOc1ccc(Br)c(CBr)c1. The lowest BCUT2D eigenvalue weighted by Gasteiger charge is -2.09. The van der Waals surface area contributed by atoms with Gasteiger partial charge in [-0.05, 0) is 35.5 Å². The first-order valence-corrected chi connectivity index (χ1v) is 7.50. The zero-order chi connectivity index (χ0) is 12.9. The first-order chi connectivity index (χ1) is 7.92. The molecular formula is C10H9Br2F3OS. The van der Waals surface area contributed by atoms with Crippen molar-refractivity contribution in [1.82, 2.24) is 0 Å². The van der Waals surface area contributed by atoms with Crippen LogP contribution in [0.3, 0.4) is 0 Å². The van der Waals surface area contributed by atoms with Crippen molar-refractivity contribution in [1.29, 1.82) is 0 Å².